The van der Waals surface area contributed by atoms with E-state index in [-0.39, 0.29) is 5.82 Å². The first-order chi connectivity index (χ1) is 8.06. The molecule has 1 aliphatic heterocycles. The minimum absolute atomic E-state index is 0.236. The van der Waals surface area contributed by atoms with Crippen molar-refractivity contribution < 1.29 is 4.39 Å². The lowest BCUT2D eigenvalue weighted by atomic mass is 10.2. The fourth-order valence-corrected chi connectivity index (χ4v) is 3.02. The second-order valence-corrected chi connectivity index (χ2v) is 6.06. The van der Waals surface area contributed by atoms with Crippen LogP contribution in [0.25, 0.3) is 0 Å². The van der Waals surface area contributed by atoms with E-state index in [0.29, 0.717) is 10.5 Å². The van der Waals surface area contributed by atoms with Crippen molar-refractivity contribution in [3.8, 4) is 0 Å². The average Bonchev–Trinajstić information content (AvgIpc) is 2.26. The first-order valence-electron chi connectivity index (χ1n) is 5.49. The summed E-state index contributed by atoms with van der Waals surface area (Å²) in [5, 5.41) is 4.19. The van der Waals surface area contributed by atoms with Crippen molar-refractivity contribution in [3.63, 3.8) is 0 Å². The van der Waals surface area contributed by atoms with Gasteiger partial charge in [0.25, 0.3) is 0 Å². The predicted octanol–water partition coefficient (Wildman–Crippen LogP) is 4.19. The van der Waals surface area contributed by atoms with Gasteiger partial charge in [0.05, 0.1) is 10.5 Å². The van der Waals surface area contributed by atoms with Crippen LogP contribution >= 0.6 is 27.7 Å². The maximum Gasteiger partial charge on any atom is 0.161 e. The molecule has 0 fully saturated rings. The molecule has 1 heterocycles. The van der Waals surface area contributed by atoms with Gasteiger partial charge in [-0.2, -0.15) is 0 Å². The van der Waals surface area contributed by atoms with Crippen LogP contribution < -0.4 is 5.32 Å². The zero-order valence-electron chi connectivity index (χ0n) is 9.76. The molecule has 2 nitrogen and oxygen atoms in total. The molecule has 0 bridgehead atoms. The molecule has 1 aliphatic rings. The molecule has 2 rings (SSSR count). The Bertz CT molecular complexity index is 462. The van der Waals surface area contributed by atoms with E-state index in [2.05, 4.69) is 33.2 Å². The molecule has 0 saturated carbocycles. The Kier molecular flexibility index (Phi) is 4.09. The summed E-state index contributed by atoms with van der Waals surface area (Å²) < 4.78 is 13.8. The minimum Gasteiger partial charge on any atom is -0.335 e. The first-order valence-corrected chi connectivity index (χ1v) is 7.27. The number of nitrogens with zero attached hydrogens (tertiary/aromatic N) is 1. The normalized spacial score (nSPS) is 20.0. The van der Waals surface area contributed by atoms with Crippen molar-refractivity contribution in [1.82, 2.24) is 0 Å². The highest BCUT2D eigenvalue weighted by molar-refractivity contribution is 9.10. The number of thioether (sulfide) groups is 1. The molecule has 1 N–H and O–H groups in total. The third-order valence-electron chi connectivity index (χ3n) is 2.62. The molecule has 0 aliphatic carbocycles. The van der Waals surface area contributed by atoms with E-state index in [1.807, 2.05) is 6.92 Å². The highest BCUT2D eigenvalue weighted by atomic mass is 79.9. The van der Waals surface area contributed by atoms with Crippen LogP contribution in [0, 0.1) is 12.7 Å². The number of hydrogen-bond acceptors (Lipinski definition) is 3. The van der Waals surface area contributed by atoms with Gasteiger partial charge in [-0.15, -0.1) is 0 Å². The van der Waals surface area contributed by atoms with Crippen LogP contribution in [0.15, 0.2) is 21.6 Å². The van der Waals surface area contributed by atoms with Crippen molar-refractivity contribution >= 4 is 38.5 Å². The van der Waals surface area contributed by atoms with E-state index in [1.54, 1.807) is 17.8 Å². The molecule has 0 radical (unpaired) electrons. The van der Waals surface area contributed by atoms with Crippen molar-refractivity contribution in [2.24, 2.45) is 4.99 Å². The number of rotatable bonds is 1. The number of anilines is 1. The zero-order valence-corrected chi connectivity index (χ0v) is 12.2. The Morgan fingerprint density at radius 1 is 1.53 bits per heavy atom. The number of nitrogens with one attached hydrogen (secondary N) is 1. The van der Waals surface area contributed by atoms with E-state index < -0.39 is 0 Å². The van der Waals surface area contributed by atoms with Gasteiger partial charge >= 0.3 is 0 Å². The topological polar surface area (TPSA) is 24.4 Å². The summed E-state index contributed by atoms with van der Waals surface area (Å²) in [4.78, 5) is 4.53. The smallest absolute Gasteiger partial charge is 0.161 e. The molecule has 1 aromatic rings. The van der Waals surface area contributed by atoms with Gasteiger partial charge in [-0.05, 0) is 53.9 Å². The summed E-state index contributed by atoms with van der Waals surface area (Å²) in [5.74, 6) is 0.841. The van der Waals surface area contributed by atoms with Crippen LogP contribution in [0.1, 0.15) is 18.9 Å². The second-order valence-electron chi connectivity index (χ2n) is 4.13. The Morgan fingerprint density at radius 3 is 3.00 bits per heavy atom. The highest BCUT2D eigenvalue weighted by Gasteiger charge is 2.13. The van der Waals surface area contributed by atoms with Crippen molar-refractivity contribution in [1.29, 1.82) is 0 Å². The lowest BCUT2D eigenvalue weighted by Crippen LogP contribution is -2.18. The highest BCUT2D eigenvalue weighted by Crippen LogP contribution is 2.26. The molecule has 0 aromatic heterocycles. The molecule has 5 heteroatoms. The number of aliphatic imine (C=N–C) groups is 1. The largest absolute Gasteiger partial charge is 0.335 e. The maximum atomic E-state index is 13.3. The molecule has 17 heavy (non-hydrogen) atoms. The monoisotopic (exact) mass is 316 g/mol. The number of aryl methyl sites for hydroxylation is 1. The number of benzene rings is 1. The SMILES string of the molecule is Cc1cc(F)c(Br)cc1NC1=NC(C)CCS1. The van der Waals surface area contributed by atoms with Gasteiger partial charge in [0.2, 0.25) is 0 Å². The summed E-state index contributed by atoms with van der Waals surface area (Å²) in [6.07, 6.45) is 1.11. The summed E-state index contributed by atoms with van der Waals surface area (Å²) in [6, 6.07) is 3.64. The number of hydrogen-bond donors (Lipinski definition) is 1. The average molecular weight is 317 g/mol. The van der Waals surface area contributed by atoms with E-state index >= 15 is 0 Å². The third kappa shape index (κ3) is 3.22. The van der Waals surface area contributed by atoms with E-state index in [0.717, 1.165) is 28.6 Å². The third-order valence-corrected chi connectivity index (χ3v) is 4.15. The predicted molar refractivity (Wildman–Crippen MR) is 76.4 cm³/mol. The van der Waals surface area contributed by atoms with Gasteiger partial charge in [-0.1, -0.05) is 11.8 Å². The molecule has 0 spiro atoms. The molecule has 1 unspecified atom stereocenters. The van der Waals surface area contributed by atoms with Gasteiger partial charge in [-0.3, -0.25) is 4.99 Å². The first kappa shape index (κ1) is 12.9. The van der Waals surface area contributed by atoms with Crippen molar-refractivity contribution in [2.45, 2.75) is 26.3 Å². The summed E-state index contributed by atoms with van der Waals surface area (Å²) in [7, 11) is 0. The molecule has 1 aromatic carbocycles. The number of halogens is 2. The molecule has 0 saturated heterocycles. The lowest BCUT2D eigenvalue weighted by molar-refractivity contribution is 0.620. The lowest BCUT2D eigenvalue weighted by Gasteiger charge is -2.18. The molecule has 1 atom stereocenters. The van der Waals surface area contributed by atoms with E-state index in [9.17, 15) is 4.39 Å². The zero-order chi connectivity index (χ0) is 12.4. The Morgan fingerprint density at radius 2 is 2.29 bits per heavy atom. The maximum absolute atomic E-state index is 13.3. The minimum atomic E-state index is -0.236. The van der Waals surface area contributed by atoms with Crippen molar-refractivity contribution in [3.05, 3.63) is 28.0 Å². The fourth-order valence-electron chi connectivity index (χ4n) is 1.59. The number of amidine groups is 1. The van der Waals surface area contributed by atoms with Crippen LogP contribution in [0.5, 0.6) is 0 Å². The molecule has 0 amide bonds. The quantitative estimate of drug-likeness (QED) is 0.840. The Hall–Kier alpha value is -0.550. The summed E-state index contributed by atoms with van der Waals surface area (Å²) >= 11 is 4.91. The molecular formula is C12H14BrFN2S. The van der Waals surface area contributed by atoms with Crippen molar-refractivity contribution in [2.75, 3.05) is 11.1 Å². The van der Waals surface area contributed by atoms with Crippen LogP contribution in [0.2, 0.25) is 0 Å². The van der Waals surface area contributed by atoms with Crippen LogP contribution in [0.3, 0.4) is 0 Å². The Balaban J connectivity index is 2.21. The van der Waals surface area contributed by atoms with Gasteiger partial charge in [0.15, 0.2) is 5.17 Å². The summed E-state index contributed by atoms with van der Waals surface area (Å²) in [6.45, 7) is 3.99. The van der Waals surface area contributed by atoms with E-state index in [1.165, 1.54) is 6.07 Å². The summed E-state index contributed by atoms with van der Waals surface area (Å²) in [5.41, 5.74) is 1.78. The van der Waals surface area contributed by atoms with E-state index in [4.69, 9.17) is 0 Å². The van der Waals surface area contributed by atoms with Gasteiger partial charge in [-0.25, -0.2) is 4.39 Å². The van der Waals surface area contributed by atoms with Gasteiger partial charge < -0.3 is 5.32 Å². The molecular weight excluding hydrogens is 303 g/mol. The van der Waals surface area contributed by atoms with Crippen LogP contribution in [-0.2, 0) is 0 Å². The van der Waals surface area contributed by atoms with Gasteiger partial charge in [0, 0.05) is 11.4 Å². The molecule has 92 valence electrons. The van der Waals surface area contributed by atoms with Crippen LogP contribution in [0.4, 0.5) is 10.1 Å². The fraction of sp³-hybridized carbons (Fsp3) is 0.417. The second kappa shape index (κ2) is 5.40. The van der Waals surface area contributed by atoms with Crippen LogP contribution in [-0.4, -0.2) is 17.0 Å². The standard InChI is InChI=1S/C12H14BrFN2S/c1-7-5-10(14)9(13)6-11(7)16-12-15-8(2)3-4-17-12/h5-6,8H,3-4H2,1-2H3,(H,15,16). The van der Waals surface area contributed by atoms with Gasteiger partial charge in [0.1, 0.15) is 5.82 Å². The Labute approximate surface area is 113 Å².